The molecule has 5 nitrogen and oxygen atoms in total. The summed E-state index contributed by atoms with van der Waals surface area (Å²) in [5.74, 6) is -0.0893. The van der Waals surface area contributed by atoms with Gasteiger partial charge in [0.2, 0.25) is 5.91 Å². The molecule has 33 heavy (non-hydrogen) atoms. The van der Waals surface area contributed by atoms with Crippen LogP contribution in [0.2, 0.25) is 0 Å². The minimum Gasteiger partial charge on any atom is -0.483 e. The van der Waals surface area contributed by atoms with Gasteiger partial charge in [-0.3, -0.25) is 9.59 Å². The maximum Gasteiger partial charge on any atom is 0.261 e. The Labute approximate surface area is 204 Å². The van der Waals surface area contributed by atoms with Crippen molar-refractivity contribution in [2.75, 3.05) is 13.2 Å². The maximum absolute atomic E-state index is 13.3. The van der Waals surface area contributed by atoms with Crippen molar-refractivity contribution in [2.45, 2.75) is 59.5 Å². The van der Waals surface area contributed by atoms with Gasteiger partial charge in [-0.2, -0.15) is 0 Å². The number of amides is 2. The van der Waals surface area contributed by atoms with Gasteiger partial charge in [-0.05, 0) is 69.6 Å². The second-order valence-electron chi connectivity index (χ2n) is 9.65. The average molecular weight is 521 g/mol. The van der Waals surface area contributed by atoms with Crippen LogP contribution >= 0.6 is 15.9 Å². The van der Waals surface area contributed by atoms with Gasteiger partial charge in [0.25, 0.3) is 5.91 Å². The van der Waals surface area contributed by atoms with Gasteiger partial charge in [0.05, 0.1) is 4.47 Å². The summed E-state index contributed by atoms with van der Waals surface area (Å²) in [6.45, 7) is 12.5. The van der Waals surface area contributed by atoms with Crippen LogP contribution < -0.4 is 10.1 Å². The molecule has 0 saturated heterocycles. The Morgan fingerprint density at radius 3 is 2.27 bits per heavy atom. The first-order valence-corrected chi connectivity index (χ1v) is 11.9. The molecule has 7 heteroatoms. The van der Waals surface area contributed by atoms with Crippen molar-refractivity contribution in [1.82, 2.24) is 10.2 Å². The highest BCUT2D eigenvalue weighted by Crippen LogP contribution is 2.31. The molecule has 2 aromatic carbocycles. The first kappa shape index (κ1) is 26.8. The minimum absolute atomic E-state index is 0.0123. The zero-order chi connectivity index (χ0) is 24.8. The van der Waals surface area contributed by atoms with Crippen molar-refractivity contribution in [2.24, 2.45) is 5.92 Å². The van der Waals surface area contributed by atoms with Crippen LogP contribution in [0.5, 0.6) is 5.75 Å². The van der Waals surface area contributed by atoms with Crippen LogP contribution in [0.3, 0.4) is 0 Å². The maximum atomic E-state index is 13.3. The summed E-state index contributed by atoms with van der Waals surface area (Å²) in [6, 6.07) is 11.0. The van der Waals surface area contributed by atoms with Crippen molar-refractivity contribution in [3.63, 3.8) is 0 Å². The predicted molar refractivity (Wildman–Crippen MR) is 133 cm³/mol. The Morgan fingerprint density at radius 2 is 1.73 bits per heavy atom. The van der Waals surface area contributed by atoms with Gasteiger partial charge < -0.3 is 15.0 Å². The molecular formula is C26H34BrFN2O3. The van der Waals surface area contributed by atoms with Gasteiger partial charge in [-0.15, -0.1) is 0 Å². The molecule has 0 saturated carbocycles. The molecule has 0 aliphatic heterocycles. The summed E-state index contributed by atoms with van der Waals surface area (Å²) in [7, 11) is 0. The lowest BCUT2D eigenvalue weighted by atomic mass is 9.87. The molecular weight excluding hydrogens is 487 g/mol. The first-order chi connectivity index (χ1) is 15.4. The van der Waals surface area contributed by atoms with Gasteiger partial charge in [0.15, 0.2) is 6.61 Å². The highest BCUT2D eigenvalue weighted by molar-refractivity contribution is 9.10. The monoisotopic (exact) mass is 520 g/mol. The number of carbonyl (C=O) groups excluding carboxylic acids is 2. The molecule has 0 heterocycles. The number of carbonyl (C=O) groups is 2. The summed E-state index contributed by atoms with van der Waals surface area (Å²) in [6.07, 6.45) is 0. The van der Waals surface area contributed by atoms with Crippen molar-refractivity contribution in [3.8, 4) is 5.75 Å². The van der Waals surface area contributed by atoms with Gasteiger partial charge >= 0.3 is 0 Å². The molecule has 0 aliphatic carbocycles. The molecule has 180 valence electrons. The van der Waals surface area contributed by atoms with Crippen LogP contribution in [0, 0.1) is 11.7 Å². The number of rotatable bonds is 9. The van der Waals surface area contributed by atoms with E-state index in [2.05, 4.69) is 42.0 Å². The molecule has 0 fully saturated rings. The summed E-state index contributed by atoms with van der Waals surface area (Å²) < 4.78 is 19.9. The molecule has 2 rings (SSSR count). The number of ether oxygens (including phenoxy) is 1. The number of benzene rings is 2. The highest BCUT2D eigenvalue weighted by Gasteiger charge is 2.27. The lowest BCUT2D eigenvalue weighted by molar-refractivity contribution is -0.142. The number of nitrogens with one attached hydrogen (secondary N) is 1. The van der Waals surface area contributed by atoms with Crippen LogP contribution in [-0.4, -0.2) is 35.9 Å². The van der Waals surface area contributed by atoms with E-state index in [0.717, 1.165) is 15.6 Å². The predicted octanol–water partition coefficient (Wildman–Crippen LogP) is 5.45. The second-order valence-corrected chi connectivity index (χ2v) is 10.5. The van der Waals surface area contributed by atoms with Crippen LogP contribution in [-0.2, 0) is 21.5 Å². The van der Waals surface area contributed by atoms with Crippen molar-refractivity contribution >= 4 is 27.7 Å². The summed E-state index contributed by atoms with van der Waals surface area (Å²) in [5, 5.41) is 2.87. The van der Waals surface area contributed by atoms with E-state index in [1.54, 1.807) is 19.1 Å². The largest absolute Gasteiger partial charge is 0.483 e. The fourth-order valence-electron chi connectivity index (χ4n) is 3.13. The van der Waals surface area contributed by atoms with Crippen LogP contribution in [0.25, 0.3) is 0 Å². The summed E-state index contributed by atoms with van der Waals surface area (Å²) in [4.78, 5) is 27.3. The molecule has 2 amide bonds. The van der Waals surface area contributed by atoms with Crippen LogP contribution in [0.4, 0.5) is 4.39 Å². The fourth-order valence-corrected chi connectivity index (χ4v) is 3.62. The van der Waals surface area contributed by atoms with Crippen LogP contribution in [0.1, 0.15) is 52.7 Å². The third-order valence-electron chi connectivity index (χ3n) is 5.27. The van der Waals surface area contributed by atoms with E-state index in [4.69, 9.17) is 4.74 Å². The normalized spacial score (nSPS) is 12.4. The number of hydrogen-bond donors (Lipinski definition) is 1. The zero-order valence-corrected chi connectivity index (χ0v) is 21.8. The Bertz CT molecular complexity index is 955. The molecule has 0 spiro atoms. The summed E-state index contributed by atoms with van der Waals surface area (Å²) >= 11 is 3.52. The Hall–Kier alpha value is -2.41. The van der Waals surface area contributed by atoms with Gasteiger partial charge in [-0.25, -0.2) is 4.39 Å². The van der Waals surface area contributed by atoms with Crippen molar-refractivity contribution in [1.29, 1.82) is 0 Å². The summed E-state index contributed by atoms with van der Waals surface area (Å²) in [5.41, 5.74) is 1.85. The van der Waals surface area contributed by atoms with E-state index in [-0.39, 0.29) is 36.2 Å². The molecule has 0 aliphatic rings. The van der Waals surface area contributed by atoms with Gasteiger partial charge in [-0.1, -0.05) is 52.8 Å². The first-order valence-electron chi connectivity index (χ1n) is 11.1. The molecule has 1 atom stereocenters. The van der Waals surface area contributed by atoms with Crippen molar-refractivity contribution < 1.29 is 18.7 Å². The number of nitrogens with zero attached hydrogens (tertiary/aromatic N) is 1. The fraction of sp³-hybridized carbons (Fsp3) is 0.462. The third-order valence-corrected chi connectivity index (χ3v) is 5.89. The molecule has 0 radical (unpaired) electrons. The lowest BCUT2D eigenvalue weighted by Gasteiger charge is -2.29. The SMILES string of the molecule is CC(C)CNC(=O)[C@@H](C)N(Cc1ccc(F)cc1)C(=O)COc1ccc(C(C)(C)C)cc1Br. The van der Waals surface area contributed by atoms with Crippen molar-refractivity contribution in [3.05, 3.63) is 63.9 Å². The Balaban J connectivity index is 2.16. The van der Waals surface area contributed by atoms with E-state index < -0.39 is 6.04 Å². The van der Waals surface area contributed by atoms with Crippen LogP contribution in [0.15, 0.2) is 46.9 Å². The number of halogens is 2. The standard InChI is InChI=1S/C26H34BrFN2O3/c1-17(2)14-29-25(32)18(3)30(15-19-7-10-21(28)11-8-19)24(31)16-33-23-12-9-20(13-22(23)27)26(4,5)6/h7-13,17-18H,14-16H2,1-6H3,(H,29,32)/t18-/m1/s1. The molecule has 0 bridgehead atoms. The van der Waals surface area contributed by atoms with Gasteiger partial charge in [0.1, 0.15) is 17.6 Å². The van der Waals surface area contributed by atoms with E-state index in [9.17, 15) is 14.0 Å². The molecule has 1 N–H and O–H groups in total. The highest BCUT2D eigenvalue weighted by atomic mass is 79.9. The second kappa shape index (κ2) is 11.6. The average Bonchev–Trinajstić information content (AvgIpc) is 2.74. The topological polar surface area (TPSA) is 58.6 Å². The third kappa shape index (κ3) is 8.14. The Morgan fingerprint density at radius 1 is 1.09 bits per heavy atom. The van der Waals surface area contributed by atoms with E-state index in [1.807, 2.05) is 32.0 Å². The zero-order valence-electron chi connectivity index (χ0n) is 20.2. The quantitative estimate of drug-likeness (QED) is 0.477. The van der Waals surface area contributed by atoms with E-state index >= 15 is 0 Å². The lowest BCUT2D eigenvalue weighted by Crippen LogP contribution is -2.49. The molecule has 2 aromatic rings. The van der Waals surface area contributed by atoms with E-state index in [1.165, 1.54) is 17.0 Å². The smallest absolute Gasteiger partial charge is 0.261 e. The number of hydrogen-bond acceptors (Lipinski definition) is 3. The van der Waals surface area contributed by atoms with E-state index in [0.29, 0.717) is 18.2 Å². The Kier molecular flexibility index (Phi) is 9.46. The molecule has 0 aromatic heterocycles. The van der Waals surface area contributed by atoms with Gasteiger partial charge in [0, 0.05) is 13.1 Å². The minimum atomic E-state index is -0.711. The molecule has 0 unspecified atom stereocenters.